The number of aromatic nitrogens is 1. The van der Waals surface area contributed by atoms with Gasteiger partial charge in [-0.1, -0.05) is 18.2 Å². The van der Waals surface area contributed by atoms with E-state index in [-0.39, 0.29) is 11.9 Å². The summed E-state index contributed by atoms with van der Waals surface area (Å²) in [7, 11) is 1.45. The Morgan fingerprint density at radius 2 is 2.25 bits per heavy atom. The van der Waals surface area contributed by atoms with Gasteiger partial charge in [-0.2, -0.15) is 0 Å². The van der Waals surface area contributed by atoms with Crippen LogP contribution in [-0.2, 0) is 16.0 Å². The van der Waals surface area contributed by atoms with Crippen molar-refractivity contribution >= 4 is 16.9 Å². The van der Waals surface area contributed by atoms with Crippen LogP contribution in [-0.4, -0.2) is 18.1 Å². The van der Waals surface area contributed by atoms with Crippen LogP contribution in [0.4, 0.5) is 0 Å². The van der Waals surface area contributed by atoms with Gasteiger partial charge in [-0.05, 0) is 24.5 Å². The van der Waals surface area contributed by atoms with Gasteiger partial charge in [-0.3, -0.25) is 4.79 Å². The number of ether oxygens (including phenoxy) is 1. The van der Waals surface area contributed by atoms with Crippen LogP contribution in [0.25, 0.3) is 10.9 Å². The van der Waals surface area contributed by atoms with Crippen LogP contribution in [0.5, 0.6) is 0 Å². The molecule has 82 valence electrons. The summed E-state index contributed by atoms with van der Waals surface area (Å²) >= 11 is 0. The lowest BCUT2D eigenvalue weighted by Crippen LogP contribution is -2.11. The Morgan fingerprint density at radius 3 is 3.06 bits per heavy atom. The molecule has 1 aromatic heterocycles. The second-order valence-electron chi connectivity index (χ2n) is 4.18. The third-order valence-electron chi connectivity index (χ3n) is 3.35. The van der Waals surface area contributed by atoms with Crippen molar-refractivity contribution in [1.82, 2.24) is 4.98 Å². The molecule has 16 heavy (non-hydrogen) atoms. The molecule has 0 spiro atoms. The molecule has 0 aliphatic heterocycles. The lowest BCUT2D eigenvalue weighted by Gasteiger charge is -2.07. The summed E-state index contributed by atoms with van der Waals surface area (Å²) in [5.74, 6) is -0.209. The number of para-hydroxylation sites is 1. The first kappa shape index (κ1) is 9.46. The van der Waals surface area contributed by atoms with Gasteiger partial charge < -0.3 is 9.72 Å². The van der Waals surface area contributed by atoms with Gasteiger partial charge in [0.05, 0.1) is 13.0 Å². The standard InChI is InChI=1S/C13H13NO2/c1-16-13(15)9-6-7-11-12(9)8-4-2-3-5-10(8)14-11/h2-5,9,14H,6-7H2,1H3. The fourth-order valence-electron chi connectivity index (χ4n) is 2.63. The van der Waals surface area contributed by atoms with Crippen molar-refractivity contribution in [2.45, 2.75) is 18.8 Å². The van der Waals surface area contributed by atoms with Crippen LogP contribution in [0.3, 0.4) is 0 Å². The minimum absolute atomic E-state index is 0.0869. The van der Waals surface area contributed by atoms with Gasteiger partial charge in [0.25, 0.3) is 0 Å². The highest BCUT2D eigenvalue weighted by Crippen LogP contribution is 2.38. The molecule has 0 saturated carbocycles. The van der Waals surface area contributed by atoms with E-state index in [1.807, 2.05) is 18.2 Å². The van der Waals surface area contributed by atoms with Crippen LogP contribution in [0.2, 0.25) is 0 Å². The van der Waals surface area contributed by atoms with Crippen molar-refractivity contribution in [2.75, 3.05) is 7.11 Å². The molecule has 1 aromatic carbocycles. The zero-order chi connectivity index (χ0) is 11.1. The first-order chi connectivity index (χ1) is 7.81. The fourth-order valence-corrected chi connectivity index (χ4v) is 2.63. The lowest BCUT2D eigenvalue weighted by molar-refractivity contribution is -0.142. The van der Waals surface area contributed by atoms with Crippen molar-refractivity contribution in [2.24, 2.45) is 0 Å². The van der Waals surface area contributed by atoms with Gasteiger partial charge in [0, 0.05) is 16.6 Å². The van der Waals surface area contributed by atoms with E-state index in [1.165, 1.54) is 12.8 Å². The number of rotatable bonds is 1. The topological polar surface area (TPSA) is 42.1 Å². The molecule has 3 heteroatoms. The highest BCUT2D eigenvalue weighted by atomic mass is 16.5. The predicted molar refractivity (Wildman–Crippen MR) is 61.4 cm³/mol. The number of esters is 1. The maximum absolute atomic E-state index is 11.7. The van der Waals surface area contributed by atoms with Crippen LogP contribution in [0.15, 0.2) is 24.3 Å². The van der Waals surface area contributed by atoms with E-state index in [4.69, 9.17) is 4.74 Å². The van der Waals surface area contributed by atoms with E-state index in [9.17, 15) is 4.79 Å². The number of H-pyrrole nitrogens is 1. The third kappa shape index (κ3) is 1.18. The van der Waals surface area contributed by atoms with Crippen molar-refractivity contribution < 1.29 is 9.53 Å². The average Bonchev–Trinajstić information content (AvgIpc) is 2.86. The number of nitrogens with one attached hydrogen (secondary N) is 1. The zero-order valence-electron chi connectivity index (χ0n) is 9.12. The number of fused-ring (bicyclic) bond motifs is 3. The Hall–Kier alpha value is -1.77. The molecule has 0 fully saturated rings. The Labute approximate surface area is 93.4 Å². The predicted octanol–water partition coefficient (Wildman–Crippen LogP) is 2.37. The number of aromatic amines is 1. The van der Waals surface area contributed by atoms with Crippen molar-refractivity contribution in [3.05, 3.63) is 35.5 Å². The quantitative estimate of drug-likeness (QED) is 0.742. The molecule has 0 bridgehead atoms. The normalized spacial score (nSPS) is 18.7. The summed E-state index contributed by atoms with van der Waals surface area (Å²) in [6.07, 6.45) is 1.79. The highest BCUT2D eigenvalue weighted by Gasteiger charge is 2.32. The smallest absolute Gasteiger partial charge is 0.313 e. The Bertz CT molecular complexity index is 556. The summed E-state index contributed by atoms with van der Waals surface area (Å²) in [6.45, 7) is 0. The number of hydrogen-bond acceptors (Lipinski definition) is 2. The van der Waals surface area contributed by atoms with Gasteiger partial charge in [-0.25, -0.2) is 0 Å². The first-order valence-electron chi connectivity index (χ1n) is 5.48. The van der Waals surface area contributed by atoms with Crippen LogP contribution < -0.4 is 0 Å². The number of carbonyl (C=O) groups excluding carboxylic acids is 1. The molecule has 1 atom stereocenters. The van der Waals surface area contributed by atoms with Crippen molar-refractivity contribution in [3.8, 4) is 0 Å². The first-order valence-corrected chi connectivity index (χ1v) is 5.48. The van der Waals surface area contributed by atoms with Gasteiger partial charge in [0.2, 0.25) is 0 Å². The van der Waals surface area contributed by atoms with Crippen LogP contribution in [0, 0.1) is 0 Å². The number of aryl methyl sites for hydroxylation is 1. The molecule has 0 radical (unpaired) electrons. The SMILES string of the molecule is COC(=O)C1CCc2[nH]c3ccccc3c21. The number of hydrogen-bond donors (Lipinski definition) is 1. The molecule has 1 aliphatic carbocycles. The van der Waals surface area contributed by atoms with E-state index in [0.29, 0.717) is 0 Å². The monoisotopic (exact) mass is 215 g/mol. The number of benzene rings is 1. The summed E-state index contributed by atoms with van der Waals surface area (Å²) in [4.78, 5) is 15.1. The van der Waals surface area contributed by atoms with E-state index >= 15 is 0 Å². The molecule has 0 saturated heterocycles. The molecule has 1 aliphatic rings. The average molecular weight is 215 g/mol. The van der Waals surface area contributed by atoms with E-state index in [1.54, 1.807) is 0 Å². The second kappa shape index (κ2) is 3.37. The summed E-state index contributed by atoms with van der Waals surface area (Å²) in [5, 5.41) is 1.16. The number of carbonyl (C=O) groups is 1. The van der Waals surface area contributed by atoms with E-state index in [0.717, 1.165) is 29.3 Å². The Morgan fingerprint density at radius 1 is 1.44 bits per heavy atom. The summed E-state index contributed by atoms with van der Waals surface area (Å²) in [5.41, 5.74) is 3.44. The molecule has 1 unspecified atom stereocenters. The zero-order valence-corrected chi connectivity index (χ0v) is 9.12. The fraction of sp³-hybridized carbons (Fsp3) is 0.308. The summed E-state index contributed by atoms with van der Waals surface area (Å²) in [6, 6.07) is 8.11. The van der Waals surface area contributed by atoms with E-state index in [2.05, 4.69) is 11.1 Å². The summed E-state index contributed by atoms with van der Waals surface area (Å²) < 4.78 is 4.86. The molecule has 1 N–H and O–H groups in total. The van der Waals surface area contributed by atoms with Crippen LogP contribution in [0.1, 0.15) is 23.6 Å². The minimum Gasteiger partial charge on any atom is -0.469 e. The third-order valence-corrected chi connectivity index (χ3v) is 3.35. The molecule has 0 amide bonds. The van der Waals surface area contributed by atoms with Gasteiger partial charge in [0.1, 0.15) is 0 Å². The highest BCUT2D eigenvalue weighted by molar-refractivity contribution is 5.92. The molecule has 3 nitrogen and oxygen atoms in total. The largest absolute Gasteiger partial charge is 0.469 e. The van der Waals surface area contributed by atoms with Crippen molar-refractivity contribution in [3.63, 3.8) is 0 Å². The molecule has 1 heterocycles. The van der Waals surface area contributed by atoms with E-state index < -0.39 is 0 Å². The van der Waals surface area contributed by atoms with Gasteiger partial charge in [0.15, 0.2) is 0 Å². The second-order valence-corrected chi connectivity index (χ2v) is 4.18. The van der Waals surface area contributed by atoms with Gasteiger partial charge in [-0.15, -0.1) is 0 Å². The molecule has 3 rings (SSSR count). The van der Waals surface area contributed by atoms with Crippen LogP contribution >= 0.6 is 0 Å². The molecular weight excluding hydrogens is 202 g/mol. The minimum atomic E-state index is -0.122. The molecule has 2 aromatic rings. The maximum atomic E-state index is 11.7. The van der Waals surface area contributed by atoms with Crippen molar-refractivity contribution in [1.29, 1.82) is 0 Å². The maximum Gasteiger partial charge on any atom is 0.313 e. The lowest BCUT2D eigenvalue weighted by atomic mass is 10.0. The molecular formula is C13H13NO2. The number of methoxy groups -OCH3 is 1. The Kier molecular flexibility index (Phi) is 1.99. The Balaban J connectivity index is 2.19. The van der Waals surface area contributed by atoms with Gasteiger partial charge >= 0.3 is 5.97 Å².